The highest BCUT2D eigenvalue weighted by Crippen LogP contribution is 2.13. The molecule has 0 amide bonds. The van der Waals surface area contributed by atoms with E-state index in [9.17, 15) is 9.18 Å². The minimum atomic E-state index is -0.443. The van der Waals surface area contributed by atoms with Gasteiger partial charge in [-0.15, -0.1) is 0 Å². The number of Topliss-reactive ketones (excluding diaryl/α,β-unsaturated/α-hetero) is 1. The molecule has 0 aliphatic heterocycles. The molecule has 0 saturated carbocycles. The van der Waals surface area contributed by atoms with Crippen molar-refractivity contribution in [3.05, 3.63) is 29.8 Å². The van der Waals surface area contributed by atoms with E-state index in [1.165, 1.54) is 0 Å². The smallest absolute Gasteiger partial charge is 0.162 e. The van der Waals surface area contributed by atoms with Crippen molar-refractivity contribution in [2.45, 2.75) is 12.8 Å². The summed E-state index contributed by atoms with van der Waals surface area (Å²) in [6.45, 7) is -0.443. The number of ketones is 1. The van der Waals surface area contributed by atoms with Crippen LogP contribution in [0.5, 0.6) is 5.75 Å². The summed E-state index contributed by atoms with van der Waals surface area (Å²) in [5.41, 5.74) is 0.610. The number of carbonyl (C=O) groups is 1. The lowest BCUT2D eigenvalue weighted by molar-refractivity contribution is 0.0977. The van der Waals surface area contributed by atoms with E-state index in [1.54, 1.807) is 31.4 Å². The molecular formula is C11H13FO2. The summed E-state index contributed by atoms with van der Waals surface area (Å²) >= 11 is 0. The highest BCUT2D eigenvalue weighted by Gasteiger charge is 2.04. The number of hydrogen-bond donors (Lipinski definition) is 0. The second kappa shape index (κ2) is 5.37. The zero-order valence-corrected chi connectivity index (χ0v) is 8.13. The summed E-state index contributed by atoms with van der Waals surface area (Å²) < 4.78 is 16.8. The minimum Gasteiger partial charge on any atom is -0.497 e. The molecule has 0 aromatic heterocycles. The van der Waals surface area contributed by atoms with Gasteiger partial charge in [0, 0.05) is 12.0 Å². The first kappa shape index (κ1) is 10.7. The topological polar surface area (TPSA) is 26.3 Å². The van der Waals surface area contributed by atoms with E-state index in [0.717, 1.165) is 0 Å². The van der Waals surface area contributed by atoms with Crippen molar-refractivity contribution in [2.75, 3.05) is 13.8 Å². The molecule has 14 heavy (non-hydrogen) atoms. The fourth-order valence-corrected chi connectivity index (χ4v) is 1.15. The second-order valence-electron chi connectivity index (χ2n) is 2.94. The molecule has 0 radical (unpaired) electrons. The normalized spacial score (nSPS) is 9.86. The highest BCUT2D eigenvalue weighted by molar-refractivity contribution is 5.96. The number of benzene rings is 1. The molecule has 1 rings (SSSR count). The molecule has 0 spiro atoms. The number of hydrogen-bond acceptors (Lipinski definition) is 2. The average Bonchev–Trinajstić information content (AvgIpc) is 2.26. The van der Waals surface area contributed by atoms with Gasteiger partial charge < -0.3 is 4.74 Å². The first-order valence-corrected chi connectivity index (χ1v) is 4.51. The number of ether oxygens (including phenoxy) is 1. The van der Waals surface area contributed by atoms with Crippen molar-refractivity contribution in [1.29, 1.82) is 0 Å². The van der Waals surface area contributed by atoms with Crippen molar-refractivity contribution >= 4 is 5.78 Å². The first-order valence-electron chi connectivity index (χ1n) is 4.51. The Kier molecular flexibility index (Phi) is 4.11. The molecule has 0 N–H and O–H groups in total. The Balaban J connectivity index is 2.62. The third-order valence-corrected chi connectivity index (χ3v) is 1.95. The van der Waals surface area contributed by atoms with Crippen LogP contribution in [-0.4, -0.2) is 19.6 Å². The quantitative estimate of drug-likeness (QED) is 0.677. The first-order chi connectivity index (χ1) is 6.77. The van der Waals surface area contributed by atoms with Gasteiger partial charge in [0.2, 0.25) is 0 Å². The average molecular weight is 196 g/mol. The van der Waals surface area contributed by atoms with Crippen LogP contribution < -0.4 is 4.74 Å². The van der Waals surface area contributed by atoms with Gasteiger partial charge in [-0.2, -0.15) is 0 Å². The van der Waals surface area contributed by atoms with Gasteiger partial charge in [0.1, 0.15) is 5.75 Å². The molecule has 0 aliphatic carbocycles. The Morgan fingerprint density at radius 2 is 2.00 bits per heavy atom. The van der Waals surface area contributed by atoms with Crippen LogP contribution in [0.2, 0.25) is 0 Å². The fourth-order valence-electron chi connectivity index (χ4n) is 1.15. The Bertz CT molecular complexity index is 293. The van der Waals surface area contributed by atoms with Gasteiger partial charge in [-0.1, -0.05) is 0 Å². The highest BCUT2D eigenvalue weighted by atomic mass is 19.1. The summed E-state index contributed by atoms with van der Waals surface area (Å²) in [6.07, 6.45) is 0.563. The molecular weight excluding hydrogens is 183 g/mol. The minimum absolute atomic E-state index is 0.0229. The zero-order chi connectivity index (χ0) is 10.4. The molecule has 1 aromatic carbocycles. The SMILES string of the molecule is COc1ccc(C(=O)CCCF)cc1. The van der Waals surface area contributed by atoms with Crippen LogP contribution >= 0.6 is 0 Å². The van der Waals surface area contributed by atoms with Crippen molar-refractivity contribution in [1.82, 2.24) is 0 Å². The van der Waals surface area contributed by atoms with Gasteiger partial charge in [0.05, 0.1) is 13.8 Å². The van der Waals surface area contributed by atoms with E-state index in [4.69, 9.17) is 4.74 Å². The van der Waals surface area contributed by atoms with Gasteiger partial charge in [-0.3, -0.25) is 9.18 Å². The Morgan fingerprint density at radius 1 is 1.36 bits per heavy atom. The molecule has 0 bridgehead atoms. The van der Waals surface area contributed by atoms with Crippen LogP contribution in [0.1, 0.15) is 23.2 Å². The third kappa shape index (κ3) is 2.83. The van der Waals surface area contributed by atoms with E-state index < -0.39 is 6.67 Å². The molecule has 0 fully saturated rings. The maximum atomic E-state index is 11.8. The van der Waals surface area contributed by atoms with Crippen molar-refractivity contribution in [2.24, 2.45) is 0 Å². The van der Waals surface area contributed by atoms with Crippen molar-refractivity contribution in [3.8, 4) is 5.75 Å². The number of methoxy groups -OCH3 is 1. The van der Waals surface area contributed by atoms with E-state index in [2.05, 4.69) is 0 Å². The predicted molar refractivity (Wildman–Crippen MR) is 52.5 cm³/mol. The van der Waals surface area contributed by atoms with Crippen LogP contribution in [0.15, 0.2) is 24.3 Å². The second-order valence-corrected chi connectivity index (χ2v) is 2.94. The van der Waals surface area contributed by atoms with Crippen molar-refractivity contribution in [3.63, 3.8) is 0 Å². The standard InChI is InChI=1S/C11H13FO2/c1-14-10-6-4-9(5-7-10)11(13)3-2-8-12/h4-7H,2-3,8H2,1H3. The van der Waals surface area contributed by atoms with E-state index >= 15 is 0 Å². The molecule has 76 valence electrons. The largest absolute Gasteiger partial charge is 0.497 e. The van der Waals surface area contributed by atoms with Gasteiger partial charge in [-0.05, 0) is 30.7 Å². The summed E-state index contributed by atoms with van der Waals surface area (Å²) in [5, 5.41) is 0. The molecule has 0 heterocycles. The summed E-state index contributed by atoms with van der Waals surface area (Å²) in [5.74, 6) is 0.692. The predicted octanol–water partition coefficient (Wildman–Crippen LogP) is 2.63. The zero-order valence-electron chi connectivity index (χ0n) is 8.13. The molecule has 2 nitrogen and oxygen atoms in total. The molecule has 0 saturated heterocycles. The van der Waals surface area contributed by atoms with Crippen LogP contribution in [0, 0.1) is 0 Å². The van der Waals surface area contributed by atoms with Crippen molar-refractivity contribution < 1.29 is 13.9 Å². The van der Waals surface area contributed by atoms with Gasteiger partial charge >= 0.3 is 0 Å². The fraction of sp³-hybridized carbons (Fsp3) is 0.364. The third-order valence-electron chi connectivity index (χ3n) is 1.95. The molecule has 3 heteroatoms. The molecule has 0 atom stereocenters. The lowest BCUT2D eigenvalue weighted by Crippen LogP contribution is -1.99. The summed E-state index contributed by atoms with van der Waals surface area (Å²) in [4.78, 5) is 11.4. The van der Waals surface area contributed by atoms with Crippen LogP contribution in [0.3, 0.4) is 0 Å². The number of rotatable bonds is 5. The lowest BCUT2D eigenvalue weighted by atomic mass is 10.1. The van der Waals surface area contributed by atoms with Crippen LogP contribution in [-0.2, 0) is 0 Å². The molecule has 0 unspecified atom stereocenters. The Hall–Kier alpha value is -1.38. The number of alkyl halides is 1. The van der Waals surface area contributed by atoms with Gasteiger partial charge in [-0.25, -0.2) is 0 Å². The van der Waals surface area contributed by atoms with Gasteiger partial charge in [0.25, 0.3) is 0 Å². The number of halogens is 1. The van der Waals surface area contributed by atoms with E-state index in [-0.39, 0.29) is 12.2 Å². The molecule has 1 aromatic rings. The Morgan fingerprint density at radius 3 is 2.50 bits per heavy atom. The Labute approximate surface area is 82.7 Å². The van der Waals surface area contributed by atoms with Gasteiger partial charge in [0.15, 0.2) is 5.78 Å². The summed E-state index contributed by atoms with van der Waals surface area (Å²) in [6, 6.07) is 6.84. The number of carbonyl (C=O) groups excluding carboxylic acids is 1. The lowest BCUT2D eigenvalue weighted by Gasteiger charge is -2.01. The van der Waals surface area contributed by atoms with Crippen LogP contribution in [0.4, 0.5) is 4.39 Å². The summed E-state index contributed by atoms with van der Waals surface area (Å²) in [7, 11) is 1.57. The molecule has 0 aliphatic rings. The maximum absolute atomic E-state index is 11.8. The monoisotopic (exact) mass is 196 g/mol. The maximum Gasteiger partial charge on any atom is 0.162 e. The van der Waals surface area contributed by atoms with E-state index in [0.29, 0.717) is 17.7 Å². The van der Waals surface area contributed by atoms with E-state index in [1.807, 2.05) is 0 Å². The van der Waals surface area contributed by atoms with Crippen LogP contribution in [0.25, 0.3) is 0 Å².